The topological polar surface area (TPSA) is 79.6 Å². The second-order valence-electron chi connectivity index (χ2n) is 9.08. The molecule has 3 fully saturated rings. The molecule has 0 amide bonds. The summed E-state index contributed by atoms with van der Waals surface area (Å²) in [4.78, 5) is 31.8. The normalized spacial score (nSPS) is 24.5. The predicted molar refractivity (Wildman–Crippen MR) is 115 cm³/mol. The first-order valence-electron chi connectivity index (χ1n) is 10.9. The molecule has 0 N–H and O–H groups in total. The molecule has 0 spiro atoms. The zero-order chi connectivity index (χ0) is 22.6. The van der Waals surface area contributed by atoms with Crippen LogP contribution in [0.3, 0.4) is 0 Å². The van der Waals surface area contributed by atoms with Crippen molar-refractivity contribution in [2.45, 2.75) is 56.8 Å². The third-order valence-electron chi connectivity index (χ3n) is 7.03. The average Bonchev–Trinajstić information content (AvgIpc) is 3.33. The Morgan fingerprint density at radius 2 is 1.91 bits per heavy atom. The molecule has 3 aliphatic rings. The van der Waals surface area contributed by atoms with Crippen molar-refractivity contribution in [3.8, 4) is 0 Å². The summed E-state index contributed by atoms with van der Waals surface area (Å²) >= 11 is 0.936. The van der Waals surface area contributed by atoms with Crippen molar-refractivity contribution in [3.05, 3.63) is 38.2 Å². The molecular formula is C21H23F3N4O3S. The summed E-state index contributed by atoms with van der Waals surface area (Å²) in [5, 5.41) is 11.5. The molecule has 32 heavy (non-hydrogen) atoms. The standard InChI is InChI=1S/C21H23F3N4O3S/c22-21(23,24)13-6-16-18(17(7-13)28(30)31)32-20(25-19(16)29)27-11-14-8-15(27)10-26(14)9-12-4-2-1-3-5-12/h6-7,12,14-15H,1-5,8-11H2/t14-,15-/m1/s1. The molecule has 172 valence electrons. The number of nitro groups is 1. The lowest BCUT2D eigenvalue weighted by molar-refractivity contribution is -0.383. The Morgan fingerprint density at radius 3 is 2.53 bits per heavy atom. The van der Waals surface area contributed by atoms with E-state index in [0.717, 1.165) is 36.8 Å². The van der Waals surface area contributed by atoms with Crippen LogP contribution < -0.4 is 10.5 Å². The van der Waals surface area contributed by atoms with E-state index in [0.29, 0.717) is 29.9 Å². The average molecular weight is 469 g/mol. The summed E-state index contributed by atoms with van der Waals surface area (Å²) in [6, 6.07) is 1.69. The van der Waals surface area contributed by atoms with Gasteiger partial charge in [0, 0.05) is 37.8 Å². The van der Waals surface area contributed by atoms with Gasteiger partial charge in [-0.15, -0.1) is 0 Å². The lowest BCUT2D eigenvalue weighted by Gasteiger charge is -2.37. The largest absolute Gasteiger partial charge is 0.416 e. The molecule has 11 heteroatoms. The molecule has 2 aromatic rings. The molecule has 1 aliphatic carbocycles. The van der Waals surface area contributed by atoms with Crippen molar-refractivity contribution in [1.82, 2.24) is 9.88 Å². The molecule has 1 aromatic heterocycles. The third kappa shape index (κ3) is 3.85. The highest BCUT2D eigenvalue weighted by molar-refractivity contribution is 7.22. The number of hydrogen-bond donors (Lipinski definition) is 0. The molecule has 5 rings (SSSR count). The number of hydrogen-bond acceptors (Lipinski definition) is 7. The minimum Gasteiger partial charge on any atom is -0.342 e. The summed E-state index contributed by atoms with van der Waals surface area (Å²) in [7, 11) is 0. The van der Waals surface area contributed by atoms with Crippen LogP contribution in [-0.4, -0.2) is 46.5 Å². The van der Waals surface area contributed by atoms with Crippen LogP contribution in [0.2, 0.25) is 0 Å². The minimum atomic E-state index is -4.79. The zero-order valence-corrected chi connectivity index (χ0v) is 18.1. The maximum atomic E-state index is 13.2. The lowest BCUT2D eigenvalue weighted by Crippen LogP contribution is -2.48. The highest BCUT2D eigenvalue weighted by atomic mass is 32.1. The van der Waals surface area contributed by atoms with Crippen LogP contribution in [0.25, 0.3) is 10.1 Å². The molecule has 0 radical (unpaired) electrons. The first-order valence-corrected chi connectivity index (χ1v) is 11.7. The first-order chi connectivity index (χ1) is 15.2. The third-order valence-corrected chi connectivity index (χ3v) is 8.17. The monoisotopic (exact) mass is 468 g/mol. The smallest absolute Gasteiger partial charge is 0.342 e. The van der Waals surface area contributed by atoms with Crippen molar-refractivity contribution in [1.29, 1.82) is 0 Å². The number of fused-ring (bicyclic) bond motifs is 3. The SMILES string of the molecule is O=c1nc(N2C[C@H]3C[C@@H]2CN3CC2CCCCC2)sc2c([N+](=O)[O-])cc(C(F)(F)F)cc12. The molecule has 2 bridgehead atoms. The van der Waals surface area contributed by atoms with Gasteiger partial charge in [-0.05, 0) is 31.2 Å². The van der Waals surface area contributed by atoms with Crippen molar-refractivity contribution in [2.24, 2.45) is 5.92 Å². The van der Waals surface area contributed by atoms with Crippen molar-refractivity contribution >= 4 is 32.2 Å². The van der Waals surface area contributed by atoms with Crippen LogP contribution in [0.4, 0.5) is 24.0 Å². The fourth-order valence-corrected chi connectivity index (χ4v) is 6.62. The van der Waals surface area contributed by atoms with Crippen LogP contribution in [0, 0.1) is 16.0 Å². The van der Waals surface area contributed by atoms with Gasteiger partial charge in [0.15, 0.2) is 5.13 Å². The van der Waals surface area contributed by atoms with E-state index in [1.54, 1.807) is 0 Å². The first kappa shape index (κ1) is 21.6. The molecule has 2 saturated heterocycles. The Bertz CT molecular complexity index is 1120. The van der Waals surface area contributed by atoms with Crippen LogP contribution in [0.15, 0.2) is 16.9 Å². The summed E-state index contributed by atoms with van der Waals surface area (Å²) in [6.45, 7) is 2.62. The second-order valence-corrected chi connectivity index (χ2v) is 10.1. The van der Waals surface area contributed by atoms with Gasteiger partial charge in [-0.25, -0.2) is 0 Å². The number of likely N-dealkylation sites (tertiary alicyclic amines) is 1. The van der Waals surface area contributed by atoms with Crippen molar-refractivity contribution in [3.63, 3.8) is 0 Å². The van der Waals surface area contributed by atoms with Gasteiger partial charge in [0.25, 0.3) is 11.2 Å². The highest BCUT2D eigenvalue weighted by Crippen LogP contribution is 2.41. The molecule has 2 atom stereocenters. The second kappa shape index (κ2) is 7.95. The number of non-ortho nitro benzene ring substituents is 1. The van der Waals surface area contributed by atoms with E-state index in [4.69, 9.17) is 0 Å². The molecule has 1 aromatic carbocycles. The Kier molecular flexibility index (Phi) is 5.36. The molecule has 1 saturated carbocycles. The van der Waals surface area contributed by atoms with Gasteiger partial charge in [0.05, 0.1) is 15.9 Å². The number of benzene rings is 1. The lowest BCUT2D eigenvalue weighted by atomic mass is 9.89. The van der Waals surface area contributed by atoms with E-state index in [9.17, 15) is 28.1 Å². The molecule has 0 unspecified atom stereocenters. The number of piperazine rings is 1. The van der Waals surface area contributed by atoms with E-state index in [1.165, 1.54) is 32.1 Å². The summed E-state index contributed by atoms with van der Waals surface area (Å²) in [6.07, 6.45) is 2.61. The van der Waals surface area contributed by atoms with Crippen molar-refractivity contribution in [2.75, 3.05) is 24.5 Å². The predicted octanol–water partition coefficient (Wildman–Crippen LogP) is 4.43. The number of alkyl halides is 3. The van der Waals surface area contributed by atoms with Crippen LogP contribution in [0.1, 0.15) is 44.1 Å². The van der Waals surface area contributed by atoms with Gasteiger partial charge in [-0.2, -0.15) is 18.2 Å². The zero-order valence-electron chi connectivity index (χ0n) is 17.3. The summed E-state index contributed by atoms with van der Waals surface area (Å²) in [5.41, 5.74) is -2.78. The van der Waals surface area contributed by atoms with Gasteiger partial charge in [-0.3, -0.25) is 19.8 Å². The summed E-state index contributed by atoms with van der Waals surface area (Å²) in [5.74, 6) is 0.733. The van der Waals surface area contributed by atoms with Gasteiger partial charge in [0.2, 0.25) is 0 Å². The van der Waals surface area contributed by atoms with Crippen LogP contribution in [0.5, 0.6) is 0 Å². The fourth-order valence-electron chi connectivity index (χ4n) is 5.47. The molecule has 3 heterocycles. The Hall–Kier alpha value is -2.27. The van der Waals surface area contributed by atoms with Gasteiger partial charge in [-0.1, -0.05) is 30.6 Å². The van der Waals surface area contributed by atoms with E-state index < -0.39 is 27.9 Å². The number of anilines is 1. The number of nitrogens with zero attached hydrogens (tertiary/aromatic N) is 4. The maximum absolute atomic E-state index is 13.2. The number of aromatic nitrogens is 1. The van der Waals surface area contributed by atoms with Gasteiger partial charge < -0.3 is 4.90 Å². The molecule has 2 aliphatic heterocycles. The molecular weight excluding hydrogens is 445 g/mol. The molecule has 7 nitrogen and oxygen atoms in total. The van der Waals surface area contributed by atoms with Crippen LogP contribution in [-0.2, 0) is 6.18 Å². The quantitative estimate of drug-likeness (QED) is 0.488. The maximum Gasteiger partial charge on any atom is 0.416 e. The number of nitro benzene ring substituents is 1. The fraction of sp³-hybridized carbons (Fsp3) is 0.619. The summed E-state index contributed by atoms with van der Waals surface area (Å²) < 4.78 is 39.4. The van der Waals surface area contributed by atoms with Crippen LogP contribution >= 0.6 is 11.3 Å². The van der Waals surface area contributed by atoms with Gasteiger partial charge in [0.1, 0.15) is 4.70 Å². The van der Waals surface area contributed by atoms with Crippen molar-refractivity contribution < 1.29 is 18.1 Å². The van der Waals surface area contributed by atoms with E-state index in [-0.39, 0.29) is 16.1 Å². The van der Waals surface area contributed by atoms with E-state index in [1.807, 2.05) is 4.90 Å². The Morgan fingerprint density at radius 1 is 1.16 bits per heavy atom. The van der Waals surface area contributed by atoms with E-state index in [2.05, 4.69) is 9.88 Å². The minimum absolute atomic E-state index is 0.0557. The Balaban J connectivity index is 1.43. The van der Waals surface area contributed by atoms with E-state index >= 15 is 0 Å². The number of halogens is 3. The number of rotatable bonds is 4. The van der Waals surface area contributed by atoms with Gasteiger partial charge >= 0.3 is 6.18 Å². The Labute approximate surface area is 186 Å². The highest BCUT2D eigenvalue weighted by Gasteiger charge is 2.45.